The Morgan fingerprint density at radius 2 is 1.86 bits per heavy atom. The lowest BCUT2D eigenvalue weighted by molar-refractivity contribution is 0.301. The van der Waals surface area contributed by atoms with Crippen molar-refractivity contribution in [2.75, 3.05) is 13.2 Å². The molecule has 0 amide bonds. The Labute approximate surface area is 130 Å². The molecule has 0 saturated carbocycles. The number of hydrogen-bond donors (Lipinski definition) is 1. The van der Waals surface area contributed by atoms with Gasteiger partial charge in [-0.1, -0.05) is 34.6 Å². The molecule has 1 atom stereocenters. The molecule has 0 aliphatic rings. The van der Waals surface area contributed by atoms with Gasteiger partial charge in [0.05, 0.1) is 12.8 Å². The summed E-state index contributed by atoms with van der Waals surface area (Å²) in [5.41, 5.74) is 1.19. The van der Waals surface area contributed by atoms with Crippen LogP contribution < -0.4 is 10.1 Å². The second-order valence-electron chi connectivity index (χ2n) is 7.17. The minimum atomic E-state index is 0.0946. The van der Waals surface area contributed by atoms with Crippen molar-refractivity contribution >= 4 is 0 Å². The predicted molar refractivity (Wildman–Crippen MR) is 90.0 cm³/mol. The first-order valence-electron chi connectivity index (χ1n) is 8.13. The van der Waals surface area contributed by atoms with Gasteiger partial charge in [-0.3, -0.25) is 4.98 Å². The van der Waals surface area contributed by atoms with E-state index in [1.807, 2.05) is 12.3 Å². The van der Waals surface area contributed by atoms with Crippen molar-refractivity contribution in [3.05, 3.63) is 24.0 Å². The summed E-state index contributed by atoms with van der Waals surface area (Å²) in [7, 11) is 0. The van der Waals surface area contributed by atoms with E-state index in [0.29, 0.717) is 12.0 Å². The fraction of sp³-hybridized carbons (Fsp3) is 0.722. The van der Waals surface area contributed by atoms with Crippen LogP contribution in [0.5, 0.6) is 5.75 Å². The molecular weight excluding hydrogens is 260 g/mol. The van der Waals surface area contributed by atoms with E-state index in [1.165, 1.54) is 0 Å². The van der Waals surface area contributed by atoms with Crippen LogP contribution >= 0.6 is 0 Å². The molecular formula is C18H32N2O. The summed E-state index contributed by atoms with van der Waals surface area (Å²) in [6, 6.07) is 4.66. The monoisotopic (exact) mass is 292 g/mol. The van der Waals surface area contributed by atoms with Gasteiger partial charge in [-0.25, -0.2) is 0 Å². The number of hydrogen-bond acceptors (Lipinski definition) is 3. The van der Waals surface area contributed by atoms with E-state index < -0.39 is 0 Å². The Bertz CT molecular complexity index is 393. The van der Waals surface area contributed by atoms with Gasteiger partial charge in [-0.15, -0.1) is 0 Å². The van der Waals surface area contributed by atoms with E-state index in [1.54, 1.807) is 0 Å². The average molecular weight is 292 g/mol. The highest BCUT2D eigenvalue weighted by atomic mass is 16.5. The van der Waals surface area contributed by atoms with E-state index in [-0.39, 0.29) is 5.41 Å². The molecule has 1 aromatic rings. The molecule has 0 aliphatic heterocycles. The van der Waals surface area contributed by atoms with Crippen molar-refractivity contribution < 1.29 is 4.74 Å². The fourth-order valence-electron chi connectivity index (χ4n) is 1.89. The zero-order chi connectivity index (χ0) is 15.9. The number of rotatable bonds is 8. The molecule has 120 valence electrons. The van der Waals surface area contributed by atoms with Crippen LogP contribution in [0.1, 0.15) is 60.1 Å². The predicted octanol–water partition coefficient (Wildman–Crippen LogP) is 4.17. The van der Waals surface area contributed by atoms with Crippen molar-refractivity contribution in [2.45, 2.75) is 65.8 Å². The topological polar surface area (TPSA) is 34.1 Å². The maximum Gasteiger partial charge on any atom is 0.137 e. The Kier molecular flexibility index (Phi) is 7.16. The zero-order valence-corrected chi connectivity index (χ0v) is 14.6. The van der Waals surface area contributed by atoms with Gasteiger partial charge < -0.3 is 10.1 Å². The number of nitrogens with one attached hydrogen (secondary N) is 1. The molecule has 0 spiro atoms. The van der Waals surface area contributed by atoms with Crippen molar-refractivity contribution in [1.29, 1.82) is 0 Å². The molecule has 0 unspecified atom stereocenters. The van der Waals surface area contributed by atoms with Crippen LogP contribution in [0.25, 0.3) is 0 Å². The van der Waals surface area contributed by atoms with Gasteiger partial charge >= 0.3 is 0 Å². The normalized spacial score (nSPS) is 13.5. The van der Waals surface area contributed by atoms with E-state index >= 15 is 0 Å². The highest BCUT2D eigenvalue weighted by Gasteiger charge is 2.14. The lowest BCUT2D eigenvalue weighted by Gasteiger charge is -2.18. The van der Waals surface area contributed by atoms with Crippen molar-refractivity contribution in [1.82, 2.24) is 10.3 Å². The third kappa shape index (κ3) is 6.94. The molecule has 3 heteroatoms. The first-order valence-corrected chi connectivity index (χ1v) is 8.13. The standard InChI is InChI=1S/C18H32N2O/c1-14(2)15(3)19-11-7-8-12-21-16-9-10-17(20-13-16)18(4,5)6/h9-10,13-15,19H,7-8,11-12H2,1-6H3/t15-/m0/s1. The Hall–Kier alpha value is -1.09. The number of unbranched alkanes of at least 4 members (excludes halogenated alkanes) is 1. The fourth-order valence-corrected chi connectivity index (χ4v) is 1.89. The van der Waals surface area contributed by atoms with Crippen LogP contribution in [0.4, 0.5) is 0 Å². The molecule has 0 aliphatic carbocycles. The van der Waals surface area contributed by atoms with Gasteiger partial charge in [0.25, 0.3) is 0 Å². The number of aromatic nitrogens is 1. The van der Waals surface area contributed by atoms with Gasteiger partial charge in [-0.05, 0) is 44.4 Å². The SMILES string of the molecule is CC(C)[C@H](C)NCCCCOc1ccc(C(C)(C)C)nc1. The highest BCUT2D eigenvalue weighted by molar-refractivity contribution is 5.23. The molecule has 0 aromatic carbocycles. The Balaban J connectivity index is 2.19. The van der Waals surface area contributed by atoms with E-state index in [4.69, 9.17) is 4.74 Å². The van der Waals surface area contributed by atoms with Crippen LogP contribution in [-0.4, -0.2) is 24.2 Å². The quantitative estimate of drug-likeness (QED) is 0.730. The second-order valence-corrected chi connectivity index (χ2v) is 7.17. The molecule has 0 fully saturated rings. The smallest absolute Gasteiger partial charge is 0.137 e. The summed E-state index contributed by atoms with van der Waals surface area (Å²) in [4.78, 5) is 4.47. The first-order chi connectivity index (χ1) is 9.80. The highest BCUT2D eigenvalue weighted by Crippen LogP contribution is 2.21. The molecule has 0 radical (unpaired) electrons. The minimum Gasteiger partial charge on any atom is -0.492 e. The average Bonchev–Trinajstić information content (AvgIpc) is 2.41. The Morgan fingerprint density at radius 1 is 1.14 bits per heavy atom. The van der Waals surface area contributed by atoms with E-state index in [2.05, 4.69) is 57.9 Å². The molecule has 0 bridgehead atoms. The molecule has 1 rings (SSSR count). The van der Waals surface area contributed by atoms with Crippen LogP contribution in [0.15, 0.2) is 18.3 Å². The van der Waals surface area contributed by atoms with E-state index in [9.17, 15) is 0 Å². The van der Waals surface area contributed by atoms with Gasteiger partial charge in [-0.2, -0.15) is 0 Å². The van der Waals surface area contributed by atoms with Crippen LogP contribution in [0.2, 0.25) is 0 Å². The maximum absolute atomic E-state index is 5.74. The summed E-state index contributed by atoms with van der Waals surface area (Å²) in [6.07, 6.45) is 4.04. The van der Waals surface area contributed by atoms with E-state index in [0.717, 1.165) is 37.4 Å². The number of nitrogens with zero attached hydrogens (tertiary/aromatic N) is 1. The van der Waals surface area contributed by atoms with Crippen molar-refractivity contribution in [3.8, 4) is 5.75 Å². The van der Waals surface area contributed by atoms with Crippen LogP contribution in [0, 0.1) is 5.92 Å². The van der Waals surface area contributed by atoms with Gasteiger partial charge in [0.1, 0.15) is 5.75 Å². The zero-order valence-electron chi connectivity index (χ0n) is 14.6. The molecule has 1 heterocycles. The number of pyridine rings is 1. The summed E-state index contributed by atoms with van der Waals surface area (Å²) in [5, 5.41) is 3.54. The third-order valence-electron chi connectivity index (χ3n) is 3.81. The van der Waals surface area contributed by atoms with Crippen molar-refractivity contribution in [3.63, 3.8) is 0 Å². The minimum absolute atomic E-state index is 0.0946. The van der Waals surface area contributed by atoms with Crippen LogP contribution in [-0.2, 0) is 5.41 Å². The molecule has 1 aromatic heterocycles. The second kappa shape index (κ2) is 8.38. The largest absolute Gasteiger partial charge is 0.492 e. The lowest BCUT2D eigenvalue weighted by atomic mass is 9.92. The molecule has 3 nitrogen and oxygen atoms in total. The lowest BCUT2D eigenvalue weighted by Crippen LogP contribution is -2.31. The first kappa shape index (κ1) is 18.0. The summed E-state index contributed by atoms with van der Waals surface area (Å²) in [5.74, 6) is 1.56. The molecule has 0 saturated heterocycles. The van der Waals surface area contributed by atoms with Gasteiger partial charge in [0.15, 0.2) is 0 Å². The summed E-state index contributed by atoms with van der Waals surface area (Å²) < 4.78 is 5.74. The molecule has 21 heavy (non-hydrogen) atoms. The van der Waals surface area contributed by atoms with Gasteiger partial charge in [0, 0.05) is 17.2 Å². The van der Waals surface area contributed by atoms with Crippen molar-refractivity contribution in [2.24, 2.45) is 5.92 Å². The van der Waals surface area contributed by atoms with Crippen LogP contribution in [0.3, 0.4) is 0 Å². The maximum atomic E-state index is 5.74. The summed E-state index contributed by atoms with van der Waals surface area (Å²) >= 11 is 0. The number of ether oxygens (including phenoxy) is 1. The summed E-state index contributed by atoms with van der Waals surface area (Å²) in [6.45, 7) is 15.1. The van der Waals surface area contributed by atoms with Gasteiger partial charge in [0.2, 0.25) is 0 Å². The molecule has 1 N–H and O–H groups in total. The Morgan fingerprint density at radius 3 is 2.38 bits per heavy atom. The third-order valence-corrected chi connectivity index (χ3v) is 3.81.